The molecule has 1 atom stereocenters. The van der Waals surface area contributed by atoms with Crippen LogP contribution in [0, 0.1) is 11.3 Å². The van der Waals surface area contributed by atoms with Crippen molar-refractivity contribution in [1.29, 1.82) is 5.26 Å². The molecule has 0 fully saturated rings. The van der Waals surface area contributed by atoms with Gasteiger partial charge in [-0.25, -0.2) is 4.79 Å². The van der Waals surface area contributed by atoms with Crippen molar-refractivity contribution in [1.82, 2.24) is 0 Å². The summed E-state index contributed by atoms with van der Waals surface area (Å²) in [6.07, 6.45) is 0. The lowest BCUT2D eigenvalue weighted by Gasteiger charge is -2.30. The summed E-state index contributed by atoms with van der Waals surface area (Å²) in [6, 6.07) is 18.9. The van der Waals surface area contributed by atoms with Crippen molar-refractivity contribution in [3.05, 3.63) is 65.7 Å². The smallest absolute Gasteiger partial charge is 0.328 e. The minimum Gasteiger partial charge on any atom is -0.464 e. The van der Waals surface area contributed by atoms with E-state index in [1.165, 1.54) is 0 Å². The predicted molar refractivity (Wildman–Crippen MR) is 89.9 cm³/mol. The van der Waals surface area contributed by atoms with Crippen molar-refractivity contribution < 1.29 is 9.53 Å². The van der Waals surface area contributed by atoms with E-state index in [0.29, 0.717) is 18.7 Å². The van der Waals surface area contributed by atoms with Crippen LogP contribution in [-0.2, 0) is 16.1 Å². The van der Waals surface area contributed by atoms with E-state index in [2.05, 4.69) is 6.07 Å². The molecule has 0 amide bonds. The van der Waals surface area contributed by atoms with E-state index < -0.39 is 6.04 Å². The van der Waals surface area contributed by atoms with Gasteiger partial charge in [-0.1, -0.05) is 36.4 Å². The number of benzene rings is 2. The zero-order valence-corrected chi connectivity index (χ0v) is 13.4. The zero-order valence-electron chi connectivity index (χ0n) is 13.4. The molecular weight excluding hydrogens is 288 g/mol. The molecule has 2 aromatic carbocycles. The minimum atomic E-state index is -0.441. The molecule has 0 bridgehead atoms. The Kier molecular flexibility index (Phi) is 5.76. The Morgan fingerprint density at radius 1 is 1.22 bits per heavy atom. The number of nitrogens with zero attached hydrogens (tertiary/aromatic N) is 2. The van der Waals surface area contributed by atoms with Crippen molar-refractivity contribution in [2.75, 3.05) is 11.5 Å². The first-order valence-corrected chi connectivity index (χ1v) is 7.63. The fourth-order valence-electron chi connectivity index (χ4n) is 2.38. The molecule has 0 spiro atoms. The van der Waals surface area contributed by atoms with Gasteiger partial charge >= 0.3 is 5.97 Å². The van der Waals surface area contributed by atoms with Crippen LogP contribution in [0.25, 0.3) is 0 Å². The lowest BCUT2D eigenvalue weighted by Crippen LogP contribution is -2.39. The zero-order chi connectivity index (χ0) is 16.7. The van der Waals surface area contributed by atoms with E-state index in [1.807, 2.05) is 54.3 Å². The van der Waals surface area contributed by atoms with Crippen molar-refractivity contribution in [3.63, 3.8) is 0 Å². The first kappa shape index (κ1) is 16.6. The molecule has 118 valence electrons. The van der Waals surface area contributed by atoms with Gasteiger partial charge in [-0.3, -0.25) is 0 Å². The van der Waals surface area contributed by atoms with Crippen molar-refractivity contribution in [2.45, 2.75) is 26.4 Å². The minimum absolute atomic E-state index is 0.272. The second-order valence-electron chi connectivity index (χ2n) is 5.20. The molecule has 2 rings (SSSR count). The lowest BCUT2D eigenvalue weighted by molar-refractivity contribution is -0.144. The van der Waals surface area contributed by atoms with Crippen molar-refractivity contribution in [2.24, 2.45) is 0 Å². The van der Waals surface area contributed by atoms with Gasteiger partial charge in [-0.05, 0) is 37.6 Å². The van der Waals surface area contributed by atoms with E-state index in [4.69, 9.17) is 10.00 Å². The summed E-state index contributed by atoms with van der Waals surface area (Å²) in [5.74, 6) is -0.272. The molecular formula is C19H20N2O2. The summed E-state index contributed by atoms with van der Waals surface area (Å²) < 4.78 is 5.15. The monoisotopic (exact) mass is 308 g/mol. The fraction of sp³-hybridized carbons (Fsp3) is 0.263. The third-order valence-electron chi connectivity index (χ3n) is 3.60. The Balaban J connectivity index is 2.34. The van der Waals surface area contributed by atoms with Crippen LogP contribution >= 0.6 is 0 Å². The molecule has 0 aliphatic carbocycles. The summed E-state index contributed by atoms with van der Waals surface area (Å²) >= 11 is 0. The SMILES string of the molecule is CCOC(=O)C(C)N(Cc1ccccc1)c1cccc(C#N)c1. The predicted octanol–water partition coefficient (Wildman–Crippen LogP) is 3.52. The van der Waals surface area contributed by atoms with E-state index in [9.17, 15) is 4.79 Å². The largest absolute Gasteiger partial charge is 0.464 e. The lowest BCUT2D eigenvalue weighted by atomic mass is 10.1. The third kappa shape index (κ3) is 4.33. The Bertz CT molecular complexity index is 692. The number of carbonyl (C=O) groups excluding carboxylic acids is 1. The van der Waals surface area contributed by atoms with Crippen molar-refractivity contribution >= 4 is 11.7 Å². The average Bonchev–Trinajstić information content (AvgIpc) is 2.60. The number of hydrogen-bond donors (Lipinski definition) is 0. The van der Waals surface area contributed by atoms with E-state index in [0.717, 1.165) is 11.3 Å². The summed E-state index contributed by atoms with van der Waals surface area (Å²) in [7, 11) is 0. The Hall–Kier alpha value is -2.80. The van der Waals surface area contributed by atoms with Gasteiger partial charge in [0.05, 0.1) is 18.2 Å². The summed E-state index contributed by atoms with van der Waals surface area (Å²) in [5.41, 5.74) is 2.48. The van der Waals surface area contributed by atoms with Crippen LogP contribution in [0.1, 0.15) is 25.0 Å². The molecule has 0 saturated carbocycles. The number of carbonyl (C=O) groups is 1. The highest BCUT2D eigenvalue weighted by Gasteiger charge is 2.23. The summed E-state index contributed by atoms with van der Waals surface area (Å²) in [6.45, 7) is 4.53. The van der Waals surface area contributed by atoms with Gasteiger partial charge in [0.2, 0.25) is 0 Å². The Labute approximate surface area is 136 Å². The highest BCUT2D eigenvalue weighted by Crippen LogP contribution is 2.22. The normalized spacial score (nSPS) is 11.3. The van der Waals surface area contributed by atoms with E-state index >= 15 is 0 Å². The molecule has 2 aromatic rings. The van der Waals surface area contributed by atoms with Crippen LogP contribution < -0.4 is 4.90 Å². The molecule has 0 N–H and O–H groups in total. The molecule has 23 heavy (non-hydrogen) atoms. The number of esters is 1. The Morgan fingerprint density at radius 3 is 2.61 bits per heavy atom. The number of hydrogen-bond acceptors (Lipinski definition) is 4. The number of anilines is 1. The van der Waals surface area contributed by atoms with Crippen LogP contribution in [0.2, 0.25) is 0 Å². The first-order valence-electron chi connectivity index (χ1n) is 7.63. The molecule has 0 aromatic heterocycles. The van der Waals surface area contributed by atoms with Gasteiger partial charge in [0.1, 0.15) is 6.04 Å². The van der Waals surface area contributed by atoms with Crippen LogP contribution in [0.15, 0.2) is 54.6 Å². The fourth-order valence-corrected chi connectivity index (χ4v) is 2.38. The van der Waals surface area contributed by atoms with Crippen LogP contribution in [0.5, 0.6) is 0 Å². The van der Waals surface area contributed by atoms with Gasteiger partial charge in [-0.2, -0.15) is 5.26 Å². The molecule has 0 aliphatic heterocycles. The quantitative estimate of drug-likeness (QED) is 0.766. The molecule has 4 nitrogen and oxygen atoms in total. The topological polar surface area (TPSA) is 53.3 Å². The van der Waals surface area contributed by atoms with Crippen LogP contribution in [-0.4, -0.2) is 18.6 Å². The van der Waals surface area contributed by atoms with E-state index in [1.54, 1.807) is 19.1 Å². The van der Waals surface area contributed by atoms with Gasteiger partial charge in [-0.15, -0.1) is 0 Å². The molecule has 1 unspecified atom stereocenters. The second kappa shape index (κ2) is 8.00. The van der Waals surface area contributed by atoms with Crippen molar-refractivity contribution in [3.8, 4) is 6.07 Å². The Morgan fingerprint density at radius 2 is 1.96 bits per heavy atom. The van der Waals surface area contributed by atoms with Gasteiger partial charge in [0, 0.05) is 12.2 Å². The second-order valence-corrected chi connectivity index (χ2v) is 5.20. The molecule has 4 heteroatoms. The molecule has 0 heterocycles. The van der Waals surface area contributed by atoms with Gasteiger partial charge in [0.25, 0.3) is 0 Å². The molecule has 0 aliphatic rings. The van der Waals surface area contributed by atoms with E-state index in [-0.39, 0.29) is 5.97 Å². The van der Waals surface area contributed by atoms with Crippen LogP contribution in [0.3, 0.4) is 0 Å². The highest BCUT2D eigenvalue weighted by molar-refractivity contribution is 5.79. The number of nitriles is 1. The van der Waals surface area contributed by atoms with Gasteiger partial charge < -0.3 is 9.64 Å². The standard InChI is InChI=1S/C19H20N2O2/c1-3-23-19(22)15(2)21(14-16-8-5-4-6-9-16)18-11-7-10-17(12-18)13-20/h4-12,15H,3,14H2,1-2H3. The average molecular weight is 308 g/mol. The maximum atomic E-state index is 12.2. The van der Waals surface area contributed by atoms with Crippen LogP contribution in [0.4, 0.5) is 5.69 Å². The third-order valence-corrected chi connectivity index (χ3v) is 3.60. The number of ether oxygens (including phenoxy) is 1. The summed E-state index contributed by atoms with van der Waals surface area (Å²) in [4.78, 5) is 14.1. The maximum absolute atomic E-state index is 12.2. The molecule has 0 radical (unpaired) electrons. The maximum Gasteiger partial charge on any atom is 0.328 e. The highest BCUT2D eigenvalue weighted by atomic mass is 16.5. The summed E-state index contributed by atoms with van der Waals surface area (Å²) in [5, 5.41) is 9.11. The first-order chi connectivity index (χ1) is 11.2. The number of rotatable bonds is 6. The van der Waals surface area contributed by atoms with Gasteiger partial charge in [0.15, 0.2) is 0 Å². The molecule has 0 saturated heterocycles.